The van der Waals surface area contributed by atoms with E-state index in [1.165, 1.54) is 12.1 Å². The summed E-state index contributed by atoms with van der Waals surface area (Å²) in [6.07, 6.45) is 1.76. The van der Waals surface area contributed by atoms with Crippen molar-refractivity contribution in [1.82, 2.24) is 10.4 Å². The molecule has 4 heteroatoms. The van der Waals surface area contributed by atoms with Gasteiger partial charge >= 0.3 is 0 Å². The minimum Gasteiger partial charge on any atom is -0.271 e. The Morgan fingerprint density at radius 3 is 2.50 bits per heavy atom. The number of rotatable bonds is 3. The van der Waals surface area contributed by atoms with Crippen LogP contribution in [0.4, 0.5) is 4.39 Å². The molecular formula is C16H14FN3. The second kappa shape index (κ2) is 5.36. The van der Waals surface area contributed by atoms with E-state index in [4.69, 9.17) is 5.84 Å². The number of nitrogens with one attached hydrogen (secondary N) is 1. The predicted octanol–water partition coefficient (Wildman–Crippen LogP) is 2.93. The van der Waals surface area contributed by atoms with E-state index in [1.54, 1.807) is 18.3 Å². The van der Waals surface area contributed by atoms with Crippen molar-refractivity contribution in [2.75, 3.05) is 0 Å². The van der Waals surface area contributed by atoms with E-state index in [2.05, 4.69) is 10.4 Å². The molecule has 0 saturated carbocycles. The van der Waals surface area contributed by atoms with E-state index in [0.29, 0.717) is 0 Å². The lowest BCUT2D eigenvalue weighted by molar-refractivity contribution is 0.616. The number of aromatic nitrogens is 1. The zero-order valence-corrected chi connectivity index (χ0v) is 10.8. The molecule has 0 amide bonds. The van der Waals surface area contributed by atoms with Gasteiger partial charge in [0, 0.05) is 11.6 Å². The van der Waals surface area contributed by atoms with Crippen LogP contribution in [-0.4, -0.2) is 4.98 Å². The first-order chi connectivity index (χ1) is 9.78. The molecule has 0 bridgehead atoms. The molecular weight excluding hydrogens is 253 g/mol. The van der Waals surface area contributed by atoms with E-state index in [9.17, 15) is 4.39 Å². The van der Waals surface area contributed by atoms with Gasteiger partial charge in [-0.3, -0.25) is 10.8 Å². The second-order valence-corrected chi connectivity index (χ2v) is 4.61. The number of benzene rings is 2. The molecule has 1 unspecified atom stereocenters. The SMILES string of the molecule is NNC(c1ccc(F)cc1)c1ccc2ncccc2c1. The van der Waals surface area contributed by atoms with Gasteiger partial charge in [0.25, 0.3) is 0 Å². The highest BCUT2D eigenvalue weighted by Crippen LogP contribution is 2.24. The maximum Gasteiger partial charge on any atom is 0.123 e. The van der Waals surface area contributed by atoms with Gasteiger partial charge in [0.15, 0.2) is 0 Å². The standard InChI is InChI=1S/C16H14FN3/c17-14-6-3-11(4-7-14)16(20-18)13-5-8-15-12(10-13)2-1-9-19-15/h1-10,16,20H,18H2. The van der Waals surface area contributed by atoms with Crippen LogP contribution in [0.15, 0.2) is 60.8 Å². The van der Waals surface area contributed by atoms with Crippen molar-refractivity contribution >= 4 is 10.9 Å². The molecule has 3 N–H and O–H groups in total. The summed E-state index contributed by atoms with van der Waals surface area (Å²) >= 11 is 0. The Kier molecular flexibility index (Phi) is 3.41. The van der Waals surface area contributed by atoms with Crippen LogP contribution in [0.2, 0.25) is 0 Å². The van der Waals surface area contributed by atoms with Crippen LogP contribution in [0, 0.1) is 5.82 Å². The summed E-state index contributed by atoms with van der Waals surface area (Å²) in [4.78, 5) is 4.29. The Balaban J connectivity index is 2.04. The van der Waals surface area contributed by atoms with Crippen molar-refractivity contribution in [2.24, 2.45) is 5.84 Å². The van der Waals surface area contributed by atoms with E-state index in [-0.39, 0.29) is 11.9 Å². The summed E-state index contributed by atoms with van der Waals surface area (Å²) in [7, 11) is 0. The third kappa shape index (κ3) is 2.39. The van der Waals surface area contributed by atoms with Crippen LogP contribution in [0.1, 0.15) is 17.2 Å². The fraction of sp³-hybridized carbons (Fsp3) is 0.0625. The van der Waals surface area contributed by atoms with Gasteiger partial charge in [0.05, 0.1) is 11.6 Å². The first kappa shape index (κ1) is 12.7. The van der Waals surface area contributed by atoms with E-state index in [1.807, 2.05) is 30.3 Å². The molecule has 3 nitrogen and oxygen atoms in total. The Bertz CT molecular complexity index is 725. The molecule has 0 saturated heterocycles. The Hall–Kier alpha value is -2.30. The predicted molar refractivity (Wildman–Crippen MR) is 77.3 cm³/mol. The van der Waals surface area contributed by atoms with Crippen molar-refractivity contribution in [3.05, 3.63) is 77.7 Å². The van der Waals surface area contributed by atoms with Crippen LogP contribution in [0.5, 0.6) is 0 Å². The highest BCUT2D eigenvalue weighted by Gasteiger charge is 2.12. The third-order valence-corrected chi connectivity index (χ3v) is 3.33. The zero-order valence-electron chi connectivity index (χ0n) is 10.8. The lowest BCUT2D eigenvalue weighted by Crippen LogP contribution is -2.28. The molecule has 0 radical (unpaired) electrons. The Morgan fingerprint density at radius 2 is 1.75 bits per heavy atom. The summed E-state index contributed by atoms with van der Waals surface area (Å²) in [5.74, 6) is 5.40. The lowest BCUT2D eigenvalue weighted by Gasteiger charge is -2.17. The quantitative estimate of drug-likeness (QED) is 0.566. The molecule has 0 fully saturated rings. The summed E-state index contributed by atoms with van der Waals surface area (Å²) in [5, 5.41) is 1.05. The molecule has 0 spiro atoms. The number of hydrazine groups is 1. The molecule has 1 atom stereocenters. The van der Waals surface area contributed by atoms with Crippen molar-refractivity contribution in [2.45, 2.75) is 6.04 Å². The van der Waals surface area contributed by atoms with Crippen LogP contribution < -0.4 is 11.3 Å². The Morgan fingerprint density at radius 1 is 1.00 bits per heavy atom. The molecule has 3 aromatic rings. The van der Waals surface area contributed by atoms with Gasteiger partial charge in [-0.15, -0.1) is 0 Å². The average molecular weight is 267 g/mol. The average Bonchev–Trinajstić information content (AvgIpc) is 2.50. The third-order valence-electron chi connectivity index (χ3n) is 3.33. The van der Waals surface area contributed by atoms with Gasteiger partial charge in [-0.25, -0.2) is 9.82 Å². The minimum atomic E-state index is -0.257. The monoisotopic (exact) mass is 267 g/mol. The fourth-order valence-electron chi connectivity index (χ4n) is 2.31. The van der Waals surface area contributed by atoms with E-state index in [0.717, 1.165) is 22.0 Å². The normalized spacial score (nSPS) is 12.5. The molecule has 1 heterocycles. The van der Waals surface area contributed by atoms with Gasteiger partial charge in [0.1, 0.15) is 5.82 Å². The van der Waals surface area contributed by atoms with Gasteiger partial charge in [0.2, 0.25) is 0 Å². The first-order valence-corrected chi connectivity index (χ1v) is 6.34. The second-order valence-electron chi connectivity index (χ2n) is 4.61. The number of nitrogens with zero attached hydrogens (tertiary/aromatic N) is 1. The number of fused-ring (bicyclic) bond motifs is 1. The molecule has 3 rings (SSSR count). The molecule has 20 heavy (non-hydrogen) atoms. The molecule has 0 aliphatic carbocycles. The number of halogens is 1. The van der Waals surface area contributed by atoms with Crippen LogP contribution in [-0.2, 0) is 0 Å². The van der Waals surface area contributed by atoms with Crippen LogP contribution >= 0.6 is 0 Å². The molecule has 1 aromatic heterocycles. The highest BCUT2D eigenvalue weighted by atomic mass is 19.1. The maximum atomic E-state index is 13.0. The Labute approximate surface area is 116 Å². The van der Waals surface area contributed by atoms with Crippen molar-refractivity contribution < 1.29 is 4.39 Å². The zero-order chi connectivity index (χ0) is 13.9. The number of nitrogens with two attached hydrogens (primary N) is 1. The van der Waals surface area contributed by atoms with E-state index >= 15 is 0 Å². The smallest absolute Gasteiger partial charge is 0.123 e. The molecule has 0 aliphatic heterocycles. The largest absolute Gasteiger partial charge is 0.271 e. The number of pyridine rings is 1. The highest BCUT2D eigenvalue weighted by molar-refractivity contribution is 5.79. The molecule has 0 aliphatic rings. The van der Waals surface area contributed by atoms with Gasteiger partial charge in [-0.1, -0.05) is 24.3 Å². The number of hydrogen-bond acceptors (Lipinski definition) is 3. The first-order valence-electron chi connectivity index (χ1n) is 6.34. The summed E-state index contributed by atoms with van der Waals surface area (Å²) < 4.78 is 13.0. The minimum absolute atomic E-state index is 0.180. The lowest BCUT2D eigenvalue weighted by atomic mass is 9.98. The number of hydrogen-bond donors (Lipinski definition) is 2. The maximum absolute atomic E-state index is 13.0. The van der Waals surface area contributed by atoms with Gasteiger partial charge < -0.3 is 0 Å². The van der Waals surface area contributed by atoms with Gasteiger partial charge in [-0.2, -0.15) is 0 Å². The summed E-state index contributed by atoms with van der Waals surface area (Å²) in [5.41, 5.74) is 5.64. The van der Waals surface area contributed by atoms with Crippen LogP contribution in [0.3, 0.4) is 0 Å². The summed E-state index contributed by atoms with van der Waals surface area (Å²) in [6.45, 7) is 0. The van der Waals surface area contributed by atoms with Crippen LogP contribution in [0.25, 0.3) is 10.9 Å². The van der Waals surface area contributed by atoms with Crippen molar-refractivity contribution in [1.29, 1.82) is 0 Å². The van der Waals surface area contributed by atoms with Crippen molar-refractivity contribution in [3.63, 3.8) is 0 Å². The van der Waals surface area contributed by atoms with E-state index < -0.39 is 0 Å². The van der Waals surface area contributed by atoms with Gasteiger partial charge in [-0.05, 0) is 41.5 Å². The fourth-order valence-corrected chi connectivity index (χ4v) is 2.31. The topological polar surface area (TPSA) is 50.9 Å². The van der Waals surface area contributed by atoms with Crippen molar-refractivity contribution in [3.8, 4) is 0 Å². The molecule has 2 aromatic carbocycles. The molecule has 100 valence electrons. The summed E-state index contributed by atoms with van der Waals surface area (Å²) in [6, 6.07) is 16.0.